The zero-order valence-electron chi connectivity index (χ0n) is 10.2. The summed E-state index contributed by atoms with van der Waals surface area (Å²) in [6.07, 6.45) is -4.29. The lowest BCUT2D eigenvalue weighted by Crippen LogP contribution is -2.62. The van der Waals surface area contributed by atoms with Crippen LogP contribution in [0.3, 0.4) is 0 Å². The molecule has 0 saturated heterocycles. The Hall–Kier alpha value is -1.31. The van der Waals surface area contributed by atoms with Gasteiger partial charge in [-0.2, -0.15) is 13.2 Å². The third-order valence-electron chi connectivity index (χ3n) is 2.66. The quantitative estimate of drug-likeness (QED) is 0.668. The first kappa shape index (κ1) is 16.7. The van der Waals surface area contributed by atoms with Gasteiger partial charge in [-0.15, -0.1) is 0 Å². The number of carbonyl (C=O) groups is 2. The Balaban J connectivity index is 4.82. The lowest BCUT2D eigenvalue weighted by molar-refractivity contribution is -0.207. The zero-order chi connectivity index (χ0) is 14.6. The third-order valence-corrected chi connectivity index (χ3v) is 2.66. The number of alkyl halides is 3. The third kappa shape index (κ3) is 3.86. The topological polar surface area (TPSA) is 92.4 Å². The highest BCUT2D eigenvalue weighted by molar-refractivity contribution is 5.88. The summed E-state index contributed by atoms with van der Waals surface area (Å²) < 4.78 is 37.8. The molecule has 0 rings (SSSR count). The highest BCUT2D eigenvalue weighted by Gasteiger charge is 2.58. The van der Waals surface area contributed by atoms with E-state index in [1.54, 1.807) is 0 Å². The number of hydrogen-bond acceptors (Lipinski definition) is 3. The van der Waals surface area contributed by atoms with Gasteiger partial charge in [-0.05, 0) is 26.3 Å². The molecule has 2 unspecified atom stereocenters. The Kier molecular flexibility index (Phi) is 5.59. The first-order valence-corrected chi connectivity index (χ1v) is 5.38. The Labute approximate surface area is 103 Å². The molecule has 0 bridgehead atoms. The molecular weight excluding hydrogens is 253 g/mol. The van der Waals surface area contributed by atoms with Gasteiger partial charge in [-0.1, -0.05) is 6.92 Å². The highest BCUT2D eigenvalue weighted by Crippen LogP contribution is 2.30. The summed E-state index contributed by atoms with van der Waals surface area (Å²) in [6.45, 7) is 2.15. The molecule has 0 fully saturated rings. The molecule has 0 aromatic heterocycles. The monoisotopic (exact) mass is 270 g/mol. The zero-order valence-corrected chi connectivity index (χ0v) is 10.2. The number of hydrogen-bond donors (Lipinski definition) is 3. The number of carboxylic acids is 1. The molecule has 2 atom stereocenters. The van der Waals surface area contributed by atoms with E-state index in [9.17, 15) is 22.8 Å². The molecule has 0 aliphatic heterocycles. The van der Waals surface area contributed by atoms with Crippen molar-refractivity contribution in [3.63, 3.8) is 0 Å². The molecule has 5 nitrogen and oxygen atoms in total. The Bertz CT molecular complexity index is 320. The molecule has 18 heavy (non-hydrogen) atoms. The smallest absolute Gasteiger partial charge is 0.422 e. The molecule has 1 amide bonds. The molecule has 0 aliphatic rings. The number of rotatable bonds is 6. The van der Waals surface area contributed by atoms with Crippen LogP contribution in [-0.2, 0) is 9.59 Å². The summed E-state index contributed by atoms with van der Waals surface area (Å²) in [5.74, 6) is -3.82. The predicted molar refractivity (Wildman–Crippen MR) is 57.7 cm³/mol. The number of nitrogens with one attached hydrogen (secondary N) is 1. The van der Waals surface area contributed by atoms with Gasteiger partial charge in [0.15, 0.2) is 0 Å². The average molecular weight is 270 g/mol. The van der Waals surface area contributed by atoms with E-state index in [-0.39, 0.29) is 0 Å². The van der Waals surface area contributed by atoms with E-state index in [0.717, 1.165) is 0 Å². The minimum Gasteiger partial charge on any atom is -0.479 e. The van der Waals surface area contributed by atoms with Crippen molar-refractivity contribution < 1.29 is 27.9 Å². The van der Waals surface area contributed by atoms with Crippen molar-refractivity contribution in [3.05, 3.63) is 0 Å². The van der Waals surface area contributed by atoms with Crippen molar-refractivity contribution in [1.82, 2.24) is 5.32 Å². The summed E-state index contributed by atoms with van der Waals surface area (Å²) in [5, 5.41) is 10.2. The molecule has 8 heteroatoms. The van der Waals surface area contributed by atoms with Crippen LogP contribution >= 0.6 is 0 Å². The van der Waals surface area contributed by atoms with E-state index in [2.05, 4.69) is 0 Å². The molecule has 0 aromatic rings. The number of carboxylic acid groups (broad SMARTS) is 1. The normalized spacial score (nSPS) is 16.8. The minimum absolute atomic E-state index is 0.301. The standard InChI is InChI=1S/C10H17F3N2O3/c1-6(4-3-5-14)7(16)15-9(2,8(17)18)10(11,12)13/h6H,3-5,14H2,1-2H3,(H,15,16)(H,17,18). The summed E-state index contributed by atoms with van der Waals surface area (Å²) in [4.78, 5) is 22.2. The van der Waals surface area contributed by atoms with Crippen LogP contribution in [0.2, 0.25) is 0 Å². The van der Waals surface area contributed by atoms with Crippen molar-refractivity contribution in [1.29, 1.82) is 0 Å². The van der Waals surface area contributed by atoms with Gasteiger partial charge in [0.1, 0.15) is 0 Å². The number of halogens is 3. The number of carbonyl (C=O) groups excluding carboxylic acids is 1. The second kappa shape index (κ2) is 6.03. The predicted octanol–water partition coefficient (Wildman–Crippen LogP) is 0.883. The van der Waals surface area contributed by atoms with Gasteiger partial charge in [-0.25, -0.2) is 4.79 Å². The molecule has 0 aliphatic carbocycles. The minimum atomic E-state index is -5.07. The second-order valence-electron chi connectivity index (χ2n) is 4.25. The molecule has 0 aromatic carbocycles. The van der Waals surface area contributed by atoms with Gasteiger partial charge >= 0.3 is 12.1 Å². The van der Waals surface area contributed by atoms with Gasteiger partial charge in [0, 0.05) is 5.92 Å². The first-order chi connectivity index (χ1) is 8.06. The van der Waals surface area contributed by atoms with Gasteiger partial charge < -0.3 is 16.2 Å². The Morgan fingerprint density at radius 2 is 1.89 bits per heavy atom. The maximum Gasteiger partial charge on any atom is 0.422 e. The number of aliphatic carboxylic acids is 1. The van der Waals surface area contributed by atoms with E-state index in [1.807, 2.05) is 0 Å². The molecule has 106 valence electrons. The van der Waals surface area contributed by atoms with Crippen LogP contribution in [-0.4, -0.2) is 35.2 Å². The number of nitrogens with two attached hydrogens (primary N) is 1. The van der Waals surface area contributed by atoms with E-state index < -0.39 is 29.5 Å². The fourth-order valence-corrected chi connectivity index (χ4v) is 1.17. The second-order valence-corrected chi connectivity index (χ2v) is 4.25. The van der Waals surface area contributed by atoms with Crippen molar-refractivity contribution in [3.8, 4) is 0 Å². The summed E-state index contributed by atoms with van der Waals surface area (Å²) in [6, 6.07) is 0. The van der Waals surface area contributed by atoms with Gasteiger partial charge in [0.2, 0.25) is 11.4 Å². The van der Waals surface area contributed by atoms with Gasteiger partial charge in [-0.3, -0.25) is 4.79 Å². The number of amides is 1. The largest absolute Gasteiger partial charge is 0.479 e. The Morgan fingerprint density at radius 3 is 2.22 bits per heavy atom. The van der Waals surface area contributed by atoms with E-state index in [1.165, 1.54) is 12.2 Å². The van der Waals surface area contributed by atoms with Crippen molar-refractivity contribution in [2.24, 2.45) is 11.7 Å². The van der Waals surface area contributed by atoms with Crippen LogP contribution in [0.4, 0.5) is 13.2 Å². The van der Waals surface area contributed by atoms with Crippen LogP contribution in [0.25, 0.3) is 0 Å². The SMILES string of the molecule is CC(CCCN)C(=O)NC(C)(C(=O)O)C(F)(F)F. The summed E-state index contributed by atoms with van der Waals surface area (Å²) in [5.41, 5.74) is 1.94. The van der Waals surface area contributed by atoms with E-state index in [0.29, 0.717) is 26.3 Å². The average Bonchev–Trinajstić information content (AvgIpc) is 2.23. The molecule has 0 heterocycles. The van der Waals surface area contributed by atoms with E-state index in [4.69, 9.17) is 10.8 Å². The maximum absolute atomic E-state index is 12.6. The lowest BCUT2D eigenvalue weighted by atomic mass is 9.98. The summed E-state index contributed by atoms with van der Waals surface area (Å²) in [7, 11) is 0. The van der Waals surface area contributed by atoms with Gasteiger partial charge in [0.05, 0.1) is 0 Å². The van der Waals surface area contributed by atoms with Crippen LogP contribution in [0.5, 0.6) is 0 Å². The van der Waals surface area contributed by atoms with Crippen LogP contribution in [0, 0.1) is 5.92 Å². The van der Waals surface area contributed by atoms with E-state index >= 15 is 0 Å². The van der Waals surface area contributed by atoms with Crippen molar-refractivity contribution in [2.75, 3.05) is 6.54 Å². The van der Waals surface area contributed by atoms with Crippen LogP contribution in [0.1, 0.15) is 26.7 Å². The molecule has 0 spiro atoms. The first-order valence-electron chi connectivity index (χ1n) is 5.38. The fraction of sp³-hybridized carbons (Fsp3) is 0.800. The molecular formula is C10H17F3N2O3. The highest BCUT2D eigenvalue weighted by atomic mass is 19.4. The molecule has 0 radical (unpaired) electrons. The van der Waals surface area contributed by atoms with Crippen molar-refractivity contribution in [2.45, 2.75) is 38.4 Å². The molecule has 0 saturated carbocycles. The molecule has 4 N–H and O–H groups in total. The fourth-order valence-electron chi connectivity index (χ4n) is 1.17. The summed E-state index contributed by atoms with van der Waals surface area (Å²) >= 11 is 0. The van der Waals surface area contributed by atoms with Crippen LogP contribution < -0.4 is 11.1 Å². The Morgan fingerprint density at radius 1 is 1.39 bits per heavy atom. The van der Waals surface area contributed by atoms with Crippen molar-refractivity contribution >= 4 is 11.9 Å². The maximum atomic E-state index is 12.6. The van der Waals surface area contributed by atoms with Crippen LogP contribution in [0.15, 0.2) is 0 Å². The lowest BCUT2D eigenvalue weighted by Gasteiger charge is -2.29. The van der Waals surface area contributed by atoms with Gasteiger partial charge in [0.25, 0.3) is 0 Å².